The number of halogens is 3. The molecule has 1 heterocycles. The van der Waals surface area contributed by atoms with E-state index in [1.165, 1.54) is 0 Å². The Hall–Kier alpha value is -1.46. The Balaban J connectivity index is 2.61. The SMILES string of the molecule is CCCCCCC(C)Oc1cc(C(F)(F)F)cc(N)n1. The lowest BCUT2D eigenvalue weighted by atomic mass is 10.1. The number of nitrogen functional groups attached to an aromatic ring is 1. The molecule has 3 nitrogen and oxygen atoms in total. The number of unbranched alkanes of at least 4 members (excludes halogenated alkanes) is 3. The van der Waals surface area contributed by atoms with Crippen molar-refractivity contribution in [3.63, 3.8) is 0 Å². The van der Waals surface area contributed by atoms with Gasteiger partial charge in [-0.3, -0.25) is 0 Å². The molecule has 0 saturated carbocycles. The minimum Gasteiger partial charge on any atom is -0.475 e. The van der Waals surface area contributed by atoms with E-state index in [2.05, 4.69) is 11.9 Å². The van der Waals surface area contributed by atoms with Crippen molar-refractivity contribution >= 4 is 5.82 Å². The first-order valence-electron chi connectivity index (χ1n) is 6.84. The lowest BCUT2D eigenvalue weighted by Gasteiger charge is -2.15. The fourth-order valence-electron chi connectivity index (χ4n) is 1.87. The highest BCUT2D eigenvalue weighted by Crippen LogP contribution is 2.32. The highest BCUT2D eigenvalue weighted by Gasteiger charge is 2.31. The topological polar surface area (TPSA) is 48.1 Å². The number of alkyl halides is 3. The first-order chi connectivity index (χ1) is 9.32. The molecule has 0 spiro atoms. The van der Waals surface area contributed by atoms with Gasteiger partial charge < -0.3 is 10.5 Å². The third-order valence-corrected chi connectivity index (χ3v) is 2.94. The van der Waals surface area contributed by atoms with Gasteiger partial charge in [0.05, 0.1) is 11.7 Å². The number of rotatable bonds is 7. The van der Waals surface area contributed by atoms with Crippen molar-refractivity contribution in [2.24, 2.45) is 0 Å². The summed E-state index contributed by atoms with van der Waals surface area (Å²) in [6.45, 7) is 3.94. The van der Waals surface area contributed by atoms with Crippen LogP contribution in [0, 0.1) is 0 Å². The molecule has 0 aromatic carbocycles. The van der Waals surface area contributed by atoms with Gasteiger partial charge in [0.2, 0.25) is 5.88 Å². The van der Waals surface area contributed by atoms with Gasteiger partial charge in [0.1, 0.15) is 5.82 Å². The molecule has 114 valence electrons. The molecule has 1 rings (SSSR count). The third-order valence-electron chi connectivity index (χ3n) is 2.94. The number of nitrogens with zero attached hydrogens (tertiary/aromatic N) is 1. The monoisotopic (exact) mass is 290 g/mol. The molecule has 2 N–H and O–H groups in total. The van der Waals surface area contributed by atoms with Crippen molar-refractivity contribution in [1.29, 1.82) is 0 Å². The van der Waals surface area contributed by atoms with Crippen LogP contribution in [0.3, 0.4) is 0 Å². The van der Waals surface area contributed by atoms with E-state index >= 15 is 0 Å². The number of nitrogens with two attached hydrogens (primary N) is 1. The van der Waals surface area contributed by atoms with Gasteiger partial charge in [-0.15, -0.1) is 0 Å². The Kier molecular flexibility index (Phi) is 6.10. The summed E-state index contributed by atoms with van der Waals surface area (Å²) in [6.07, 6.45) is 0.549. The Morgan fingerprint density at radius 2 is 1.95 bits per heavy atom. The Morgan fingerprint density at radius 1 is 1.25 bits per heavy atom. The van der Waals surface area contributed by atoms with Gasteiger partial charge in [-0.2, -0.15) is 18.2 Å². The molecule has 0 aliphatic carbocycles. The zero-order valence-corrected chi connectivity index (χ0v) is 11.8. The van der Waals surface area contributed by atoms with E-state index < -0.39 is 11.7 Å². The first-order valence-corrected chi connectivity index (χ1v) is 6.84. The Labute approximate surface area is 117 Å². The number of ether oxygens (including phenoxy) is 1. The maximum Gasteiger partial charge on any atom is 0.416 e. The van der Waals surface area contributed by atoms with Crippen LogP contribution in [0.2, 0.25) is 0 Å². The number of anilines is 1. The van der Waals surface area contributed by atoms with E-state index in [0.29, 0.717) is 0 Å². The number of aromatic nitrogens is 1. The minimum absolute atomic E-state index is 0.0692. The van der Waals surface area contributed by atoms with Crippen LogP contribution in [0.25, 0.3) is 0 Å². The maximum absolute atomic E-state index is 12.6. The predicted octanol–water partition coefficient (Wildman–Crippen LogP) is 4.42. The number of hydrogen-bond donors (Lipinski definition) is 1. The zero-order chi connectivity index (χ0) is 15.2. The largest absolute Gasteiger partial charge is 0.475 e. The number of hydrogen-bond acceptors (Lipinski definition) is 3. The molecule has 1 unspecified atom stereocenters. The molecule has 0 saturated heterocycles. The van der Waals surface area contributed by atoms with Crippen LogP contribution in [0.4, 0.5) is 19.0 Å². The van der Waals surface area contributed by atoms with Crippen LogP contribution < -0.4 is 10.5 Å². The molecule has 6 heteroatoms. The molecule has 0 amide bonds. The molecule has 0 radical (unpaired) electrons. The fourth-order valence-corrected chi connectivity index (χ4v) is 1.87. The Morgan fingerprint density at radius 3 is 2.55 bits per heavy atom. The molecule has 0 fully saturated rings. The summed E-state index contributed by atoms with van der Waals surface area (Å²) in [5.41, 5.74) is 4.55. The molecular formula is C14H21F3N2O. The van der Waals surface area contributed by atoms with Gasteiger partial charge in [-0.05, 0) is 25.8 Å². The van der Waals surface area contributed by atoms with Crippen molar-refractivity contribution in [3.8, 4) is 5.88 Å². The van der Waals surface area contributed by atoms with Crippen LogP contribution >= 0.6 is 0 Å². The van der Waals surface area contributed by atoms with Crippen molar-refractivity contribution < 1.29 is 17.9 Å². The lowest BCUT2D eigenvalue weighted by molar-refractivity contribution is -0.137. The second-order valence-corrected chi connectivity index (χ2v) is 4.89. The van der Waals surface area contributed by atoms with Crippen molar-refractivity contribution in [1.82, 2.24) is 4.98 Å². The van der Waals surface area contributed by atoms with E-state index in [4.69, 9.17) is 10.5 Å². The third kappa shape index (κ3) is 5.67. The van der Waals surface area contributed by atoms with E-state index in [-0.39, 0.29) is 17.8 Å². The highest BCUT2D eigenvalue weighted by molar-refractivity contribution is 5.38. The van der Waals surface area contributed by atoms with Gasteiger partial charge in [0, 0.05) is 6.07 Å². The molecule has 1 atom stereocenters. The fraction of sp³-hybridized carbons (Fsp3) is 0.643. The average molecular weight is 290 g/mol. The van der Waals surface area contributed by atoms with E-state index in [1.54, 1.807) is 0 Å². The van der Waals surface area contributed by atoms with E-state index in [0.717, 1.165) is 44.2 Å². The molecular weight excluding hydrogens is 269 g/mol. The minimum atomic E-state index is -4.44. The normalized spacial score (nSPS) is 13.2. The van der Waals surface area contributed by atoms with Crippen molar-refractivity contribution in [2.75, 3.05) is 5.73 Å². The highest BCUT2D eigenvalue weighted by atomic mass is 19.4. The summed E-state index contributed by atoms with van der Waals surface area (Å²) < 4.78 is 43.3. The predicted molar refractivity (Wildman–Crippen MR) is 72.5 cm³/mol. The van der Waals surface area contributed by atoms with Gasteiger partial charge in [-0.1, -0.05) is 26.2 Å². The van der Waals surface area contributed by atoms with Crippen molar-refractivity contribution in [2.45, 2.75) is 58.2 Å². The van der Waals surface area contributed by atoms with E-state index in [1.807, 2.05) is 6.92 Å². The second kappa shape index (κ2) is 7.36. The van der Waals surface area contributed by atoms with Crippen LogP contribution in [-0.4, -0.2) is 11.1 Å². The molecule has 0 aliphatic rings. The van der Waals surface area contributed by atoms with Gasteiger partial charge in [0.25, 0.3) is 0 Å². The van der Waals surface area contributed by atoms with Gasteiger partial charge in [-0.25, -0.2) is 0 Å². The van der Waals surface area contributed by atoms with E-state index in [9.17, 15) is 13.2 Å². The van der Waals surface area contributed by atoms with Crippen LogP contribution in [-0.2, 0) is 6.18 Å². The summed E-state index contributed by atoms with van der Waals surface area (Å²) in [6, 6.07) is 1.69. The summed E-state index contributed by atoms with van der Waals surface area (Å²) in [5, 5.41) is 0. The van der Waals surface area contributed by atoms with Crippen molar-refractivity contribution in [3.05, 3.63) is 17.7 Å². The quantitative estimate of drug-likeness (QED) is 0.756. The smallest absolute Gasteiger partial charge is 0.416 e. The second-order valence-electron chi connectivity index (χ2n) is 4.89. The summed E-state index contributed by atoms with van der Waals surface area (Å²) in [4.78, 5) is 3.79. The summed E-state index contributed by atoms with van der Waals surface area (Å²) in [5.74, 6) is -0.256. The molecule has 0 aliphatic heterocycles. The molecule has 20 heavy (non-hydrogen) atoms. The van der Waals surface area contributed by atoms with Crippen LogP contribution in [0.5, 0.6) is 5.88 Å². The molecule has 0 bridgehead atoms. The zero-order valence-electron chi connectivity index (χ0n) is 11.8. The maximum atomic E-state index is 12.6. The number of pyridine rings is 1. The molecule has 1 aromatic heterocycles. The lowest BCUT2D eigenvalue weighted by Crippen LogP contribution is -2.14. The van der Waals surface area contributed by atoms with Crippen LogP contribution in [0.15, 0.2) is 12.1 Å². The summed E-state index contributed by atoms with van der Waals surface area (Å²) in [7, 11) is 0. The van der Waals surface area contributed by atoms with Crippen LogP contribution in [0.1, 0.15) is 51.5 Å². The average Bonchev–Trinajstić information content (AvgIpc) is 2.33. The Bertz CT molecular complexity index is 421. The standard InChI is InChI=1S/C14H21F3N2O/c1-3-4-5-6-7-10(2)20-13-9-11(14(15,16)17)8-12(18)19-13/h8-10H,3-7H2,1-2H3,(H2,18,19). The summed E-state index contributed by atoms with van der Waals surface area (Å²) >= 11 is 0. The van der Waals surface area contributed by atoms with Gasteiger partial charge >= 0.3 is 6.18 Å². The van der Waals surface area contributed by atoms with Gasteiger partial charge in [0.15, 0.2) is 0 Å². The molecule has 1 aromatic rings. The first kappa shape index (κ1) is 16.6.